The standard InChI is InChI=1S/C18H19F3N2O/c19-14-3-1-2-13-16-9-22-10-23(16)15(17(13)14)8-18(20,21)11-4-6-12(24)7-5-11/h1-3,9-12,15,24H,4-8H2. The number of fused-ring (bicyclic) bond motifs is 3. The molecule has 1 aliphatic carbocycles. The van der Waals surface area contributed by atoms with Gasteiger partial charge in [0.1, 0.15) is 5.82 Å². The van der Waals surface area contributed by atoms with Gasteiger partial charge in [-0.1, -0.05) is 12.1 Å². The molecule has 0 bridgehead atoms. The molecule has 4 rings (SSSR count). The second kappa shape index (κ2) is 5.62. The number of alkyl halides is 2. The highest BCUT2D eigenvalue weighted by Gasteiger charge is 2.45. The topological polar surface area (TPSA) is 38.1 Å². The Morgan fingerprint density at radius 1 is 1.21 bits per heavy atom. The number of aromatic nitrogens is 2. The van der Waals surface area contributed by atoms with Gasteiger partial charge in [-0.25, -0.2) is 18.2 Å². The number of aliphatic hydroxyl groups is 1. The third-order valence-corrected chi connectivity index (χ3v) is 5.42. The maximum atomic E-state index is 14.9. The van der Waals surface area contributed by atoms with Crippen LogP contribution in [0.25, 0.3) is 11.3 Å². The van der Waals surface area contributed by atoms with Crippen LogP contribution in [-0.4, -0.2) is 26.7 Å². The van der Waals surface area contributed by atoms with Crippen molar-refractivity contribution in [3.05, 3.63) is 42.1 Å². The normalized spacial score (nSPS) is 26.2. The lowest BCUT2D eigenvalue weighted by molar-refractivity contribution is -0.0929. The van der Waals surface area contributed by atoms with E-state index in [2.05, 4.69) is 4.98 Å². The summed E-state index contributed by atoms with van der Waals surface area (Å²) >= 11 is 0. The van der Waals surface area contributed by atoms with Crippen molar-refractivity contribution in [1.29, 1.82) is 0 Å². The van der Waals surface area contributed by atoms with Crippen LogP contribution in [0.15, 0.2) is 30.7 Å². The summed E-state index contributed by atoms with van der Waals surface area (Å²) in [6.45, 7) is 0. The Hall–Kier alpha value is -1.82. The zero-order valence-corrected chi connectivity index (χ0v) is 13.1. The molecule has 2 aromatic rings. The minimum atomic E-state index is -2.91. The number of halogens is 3. The van der Waals surface area contributed by atoms with Crippen LogP contribution in [-0.2, 0) is 0 Å². The lowest BCUT2D eigenvalue weighted by Crippen LogP contribution is -2.35. The summed E-state index contributed by atoms with van der Waals surface area (Å²) in [6, 6.07) is 3.93. The first-order valence-electron chi connectivity index (χ1n) is 8.34. The molecule has 3 nitrogen and oxygen atoms in total. The molecule has 2 aliphatic rings. The van der Waals surface area contributed by atoms with E-state index in [1.54, 1.807) is 22.9 Å². The largest absolute Gasteiger partial charge is 0.393 e. The molecule has 1 fully saturated rings. The minimum absolute atomic E-state index is 0.307. The number of aliphatic hydroxyl groups excluding tert-OH is 1. The van der Waals surface area contributed by atoms with Crippen molar-refractivity contribution < 1.29 is 18.3 Å². The van der Waals surface area contributed by atoms with Gasteiger partial charge in [-0.15, -0.1) is 0 Å². The Bertz CT molecular complexity index is 750. The monoisotopic (exact) mass is 336 g/mol. The van der Waals surface area contributed by atoms with Gasteiger partial charge in [0.15, 0.2) is 0 Å². The van der Waals surface area contributed by atoms with Crippen molar-refractivity contribution >= 4 is 0 Å². The molecule has 128 valence electrons. The quantitative estimate of drug-likeness (QED) is 0.913. The van der Waals surface area contributed by atoms with E-state index in [1.165, 1.54) is 12.4 Å². The van der Waals surface area contributed by atoms with Crippen LogP contribution in [0.4, 0.5) is 13.2 Å². The van der Waals surface area contributed by atoms with Gasteiger partial charge in [-0.05, 0) is 31.7 Å². The smallest absolute Gasteiger partial charge is 0.253 e. The molecule has 0 radical (unpaired) electrons. The van der Waals surface area contributed by atoms with Crippen LogP contribution in [0.3, 0.4) is 0 Å². The fourth-order valence-corrected chi connectivity index (χ4v) is 4.12. The Kier molecular flexibility index (Phi) is 3.67. The van der Waals surface area contributed by atoms with Crippen molar-refractivity contribution in [2.75, 3.05) is 0 Å². The fourth-order valence-electron chi connectivity index (χ4n) is 4.12. The highest BCUT2D eigenvalue weighted by atomic mass is 19.3. The molecule has 0 spiro atoms. The second-order valence-electron chi connectivity index (χ2n) is 6.87. The molecule has 1 aliphatic heterocycles. The molecule has 24 heavy (non-hydrogen) atoms. The van der Waals surface area contributed by atoms with E-state index in [0.717, 1.165) is 0 Å². The molecule has 1 atom stereocenters. The summed E-state index contributed by atoms with van der Waals surface area (Å²) in [7, 11) is 0. The van der Waals surface area contributed by atoms with Crippen LogP contribution in [0, 0.1) is 11.7 Å². The fraction of sp³-hybridized carbons (Fsp3) is 0.500. The first-order chi connectivity index (χ1) is 11.5. The summed E-state index contributed by atoms with van der Waals surface area (Å²) in [5, 5.41) is 9.54. The number of imidazole rings is 1. The van der Waals surface area contributed by atoms with Gasteiger partial charge in [0.2, 0.25) is 0 Å². The lowest BCUT2D eigenvalue weighted by Gasteiger charge is -2.33. The number of benzene rings is 1. The molecule has 1 aromatic heterocycles. The Morgan fingerprint density at radius 3 is 2.71 bits per heavy atom. The van der Waals surface area contributed by atoms with E-state index < -0.39 is 36.2 Å². The maximum absolute atomic E-state index is 14.9. The molecular formula is C18H19F3N2O. The highest BCUT2D eigenvalue weighted by Crippen LogP contribution is 2.48. The number of hydrogen-bond acceptors (Lipinski definition) is 2. The lowest BCUT2D eigenvalue weighted by atomic mass is 9.80. The average molecular weight is 336 g/mol. The van der Waals surface area contributed by atoms with Gasteiger partial charge in [0, 0.05) is 23.5 Å². The second-order valence-corrected chi connectivity index (χ2v) is 6.87. The predicted molar refractivity (Wildman–Crippen MR) is 83.3 cm³/mol. The van der Waals surface area contributed by atoms with Crippen LogP contribution in [0.5, 0.6) is 0 Å². The first-order valence-corrected chi connectivity index (χ1v) is 8.34. The van der Waals surface area contributed by atoms with Crippen molar-refractivity contribution in [1.82, 2.24) is 9.55 Å². The van der Waals surface area contributed by atoms with Gasteiger partial charge in [0.25, 0.3) is 5.92 Å². The average Bonchev–Trinajstić information content (AvgIpc) is 3.11. The van der Waals surface area contributed by atoms with Crippen molar-refractivity contribution in [3.63, 3.8) is 0 Å². The van der Waals surface area contributed by atoms with Crippen LogP contribution >= 0.6 is 0 Å². The third-order valence-electron chi connectivity index (χ3n) is 5.42. The summed E-state index contributed by atoms with van der Waals surface area (Å²) in [6.07, 6.45) is 3.61. The zero-order chi connectivity index (χ0) is 16.9. The molecule has 0 saturated heterocycles. The van der Waals surface area contributed by atoms with Gasteiger partial charge < -0.3 is 9.67 Å². The van der Waals surface area contributed by atoms with E-state index >= 15 is 0 Å². The minimum Gasteiger partial charge on any atom is -0.393 e. The van der Waals surface area contributed by atoms with Crippen molar-refractivity contribution in [2.24, 2.45) is 5.92 Å². The van der Waals surface area contributed by atoms with E-state index in [0.29, 0.717) is 42.5 Å². The molecule has 6 heteroatoms. The Morgan fingerprint density at radius 2 is 1.96 bits per heavy atom. The van der Waals surface area contributed by atoms with Crippen LogP contribution < -0.4 is 0 Å². The number of hydrogen-bond donors (Lipinski definition) is 1. The van der Waals surface area contributed by atoms with Crippen LogP contribution in [0.2, 0.25) is 0 Å². The molecule has 1 N–H and O–H groups in total. The first kappa shape index (κ1) is 15.7. The molecule has 0 amide bonds. The summed E-state index contributed by atoms with van der Waals surface area (Å²) in [5.41, 5.74) is 1.67. The molecular weight excluding hydrogens is 317 g/mol. The molecule has 1 unspecified atom stereocenters. The Balaban J connectivity index is 1.65. The van der Waals surface area contributed by atoms with Crippen molar-refractivity contribution in [2.45, 2.75) is 50.2 Å². The van der Waals surface area contributed by atoms with Gasteiger partial charge in [0.05, 0.1) is 30.4 Å². The van der Waals surface area contributed by atoms with Gasteiger partial charge >= 0.3 is 0 Å². The SMILES string of the molecule is OC1CCC(C(F)(F)CC2c3c(F)cccc3-c3cncn32)CC1. The summed E-state index contributed by atoms with van der Waals surface area (Å²) < 4.78 is 45.7. The third kappa shape index (κ3) is 2.44. The van der Waals surface area contributed by atoms with Gasteiger partial charge in [-0.2, -0.15) is 0 Å². The molecule has 1 saturated carbocycles. The zero-order valence-electron chi connectivity index (χ0n) is 13.1. The number of rotatable bonds is 3. The molecule has 2 heterocycles. The van der Waals surface area contributed by atoms with E-state index in [9.17, 15) is 18.3 Å². The predicted octanol–water partition coefficient (Wildman–Crippen LogP) is 4.17. The maximum Gasteiger partial charge on any atom is 0.253 e. The Labute approximate surface area is 138 Å². The molecule has 1 aromatic carbocycles. The van der Waals surface area contributed by atoms with Gasteiger partial charge in [-0.3, -0.25) is 0 Å². The summed E-state index contributed by atoms with van der Waals surface area (Å²) in [4.78, 5) is 4.04. The highest BCUT2D eigenvalue weighted by molar-refractivity contribution is 5.69. The van der Waals surface area contributed by atoms with Crippen molar-refractivity contribution in [3.8, 4) is 11.3 Å². The van der Waals surface area contributed by atoms with E-state index in [4.69, 9.17) is 0 Å². The summed E-state index contributed by atoms with van der Waals surface area (Å²) in [5.74, 6) is -4.12. The van der Waals surface area contributed by atoms with Crippen LogP contribution in [0.1, 0.15) is 43.7 Å². The van der Waals surface area contributed by atoms with E-state index in [1.807, 2.05) is 0 Å². The number of nitrogens with zero attached hydrogens (tertiary/aromatic N) is 2. The van der Waals surface area contributed by atoms with E-state index in [-0.39, 0.29) is 0 Å².